The third-order valence-electron chi connectivity index (χ3n) is 10.6. The van der Waals surface area contributed by atoms with Crippen molar-refractivity contribution in [3.05, 3.63) is 27.8 Å². The van der Waals surface area contributed by atoms with E-state index in [2.05, 4.69) is 9.80 Å². The first-order valence-corrected chi connectivity index (χ1v) is 16.0. The van der Waals surface area contributed by atoms with E-state index in [9.17, 15) is 34.2 Å². The van der Waals surface area contributed by atoms with Gasteiger partial charge in [0, 0.05) is 37.1 Å². The van der Waals surface area contributed by atoms with Crippen molar-refractivity contribution in [1.29, 1.82) is 0 Å². The quantitative estimate of drug-likeness (QED) is 0.334. The second-order valence-corrected chi connectivity index (χ2v) is 14.1. The van der Waals surface area contributed by atoms with Gasteiger partial charge in [0.15, 0.2) is 34.7 Å². The van der Waals surface area contributed by atoms with Gasteiger partial charge >= 0.3 is 0 Å². The van der Waals surface area contributed by atoms with Crippen LogP contribution in [-0.4, -0.2) is 112 Å². The van der Waals surface area contributed by atoms with E-state index in [1.54, 1.807) is 14.1 Å². The lowest BCUT2D eigenvalue weighted by Crippen LogP contribution is -2.74. The van der Waals surface area contributed by atoms with Crippen molar-refractivity contribution in [1.82, 2.24) is 14.7 Å². The molecule has 1 amide bonds. The van der Waals surface area contributed by atoms with Gasteiger partial charge in [-0.2, -0.15) is 0 Å². The number of aromatic hydroxyl groups is 1. The Morgan fingerprint density at radius 2 is 1.82 bits per heavy atom. The highest BCUT2D eigenvalue weighted by Crippen LogP contribution is 2.52. The second-order valence-electron chi connectivity index (χ2n) is 13.7. The number of amides is 1. The summed E-state index contributed by atoms with van der Waals surface area (Å²) >= 11 is 7.00. The molecule has 3 saturated carbocycles. The minimum absolute atomic E-state index is 0.00511. The summed E-state index contributed by atoms with van der Waals surface area (Å²) in [6, 6.07) is 0.355. The van der Waals surface area contributed by atoms with Crippen LogP contribution in [0.5, 0.6) is 5.75 Å². The first-order valence-electron chi connectivity index (χ1n) is 15.7. The molecule has 6 atom stereocenters. The summed E-state index contributed by atoms with van der Waals surface area (Å²) in [5.74, 6) is -9.97. The number of rotatable bonds is 9. The zero-order chi connectivity index (χ0) is 31.7. The maximum Gasteiger partial charge on any atom is 0.235 e. The van der Waals surface area contributed by atoms with E-state index in [-0.39, 0.29) is 24.2 Å². The van der Waals surface area contributed by atoms with E-state index in [1.165, 1.54) is 36.6 Å². The molecule has 1 aliphatic heterocycles. The van der Waals surface area contributed by atoms with Gasteiger partial charge in [0.2, 0.25) is 5.91 Å². The standard InChI is InChI=1S/C32H41ClN4O7/c1-35(2)26-20-12-17-11-19-23(27(39)22(17)29(41)32(20,44)30(42)24(28(26)40)31(34)43)21(38)13-18(25(19)33)15-37(14-16-5-6-16)10-9-36-7-3-4-8-36/h13,16-17,20,22,24,26,38,44H,3-12,14-15H2,1-2H3,(H2,34,43)/t17-,20-,22?,24?,26-,32-/m0/s1. The van der Waals surface area contributed by atoms with Crippen molar-refractivity contribution >= 4 is 40.6 Å². The van der Waals surface area contributed by atoms with Gasteiger partial charge in [0.25, 0.3) is 0 Å². The van der Waals surface area contributed by atoms with Crippen molar-refractivity contribution < 1.29 is 34.2 Å². The molecule has 1 heterocycles. The predicted molar refractivity (Wildman–Crippen MR) is 160 cm³/mol. The minimum atomic E-state index is -2.74. The van der Waals surface area contributed by atoms with Gasteiger partial charge in [-0.25, -0.2) is 0 Å². The topological polar surface area (TPSA) is 162 Å². The molecule has 0 bridgehead atoms. The van der Waals surface area contributed by atoms with Crippen LogP contribution in [0.1, 0.15) is 53.6 Å². The van der Waals surface area contributed by atoms with Crippen molar-refractivity contribution in [3.8, 4) is 5.75 Å². The number of likely N-dealkylation sites (tertiary alicyclic amines) is 1. The highest BCUT2D eigenvalue weighted by molar-refractivity contribution is 6.34. The zero-order valence-electron chi connectivity index (χ0n) is 25.3. The fraction of sp³-hybridized carbons (Fsp3) is 0.656. The van der Waals surface area contributed by atoms with Gasteiger partial charge < -0.3 is 20.8 Å². The highest BCUT2D eigenvalue weighted by atomic mass is 35.5. The van der Waals surface area contributed by atoms with E-state index >= 15 is 0 Å². The van der Waals surface area contributed by atoms with Crippen LogP contribution in [0.25, 0.3) is 0 Å². The average molecular weight is 629 g/mol. The van der Waals surface area contributed by atoms with E-state index in [1.807, 2.05) is 0 Å². The van der Waals surface area contributed by atoms with Crippen LogP contribution in [-0.2, 0) is 32.1 Å². The summed E-state index contributed by atoms with van der Waals surface area (Å²) < 4.78 is 0. The molecule has 1 aromatic carbocycles. The lowest BCUT2D eigenvalue weighted by Gasteiger charge is -2.52. The van der Waals surface area contributed by atoms with Gasteiger partial charge in [-0.05, 0) is 94.7 Å². The zero-order valence-corrected chi connectivity index (χ0v) is 26.0. The van der Waals surface area contributed by atoms with Crippen LogP contribution in [0, 0.1) is 29.6 Å². The maximum atomic E-state index is 14.0. The Morgan fingerprint density at radius 3 is 2.43 bits per heavy atom. The number of carbonyl (C=O) groups excluding carboxylic acids is 5. The number of aliphatic hydroxyl groups is 1. The Labute approximate surface area is 261 Å². The SMILES string of the molecule is CN(C)[C@@H]1C(=O)C(C(N)=O)C(=O)[C@@]2(O)C(=O)C3C(=O)c4c(O)cc(CN(CCN5CCCC5)CC5CC5)c(Cl)c4C[C@H]3C[C@@H]12. The Kier molecular flexibility index (Phi) is 8.24. The van der Waals surface area contributed by atoms with Crippen LogP contribution in [0.4, 0.5) is 0 Å². The monoisotopic (exact) mass is 628 g/mol. The van der Waals surface area contributed by atoms with Gasteiger partial charge in [-0.1, -0.05) is 11.6 Å². The molecule has 12 heteroatoms. The van der Waals surface area contributed by atoms with Crippen molar-refractivity contribution in [3.63, 3.8) is 0 Å². The fourth-order valence-electron chi connectivity index (χ4n) is 8.25. The van der Waals surface area contributed by atoms with Gasteiger partial charge in [-0.3, -0.25) is 33.8 Å². The molecular formula is C32H41ClN4O7. The van der Waals surface area contributed by atoms with Gasteiger partial charge in [0.1, 0.15) is 5.75 Å². The normalized spacial score (nSPS) is 32.3. The molecule has 6 rings (SSSR count). The predicted octanol–water partition coefficient (Wildman–Crippen LogP) is 0.828. The minimum Gasteiger partial charge on any atom is -0.507 e. The Balaban J connectivity index is 1.32. The van der Waals surface area contributed by atoms with Crippen LogP contribution in [0.3, 0.4) is 0 Å². The summed E-state index contributed by atoms with van der Waals surface area (Å²) in [7, 11) is 3.13. The number of halogens is 1. The molecule has 1 saturated heterocycles. The number of phenolic OH excluding ortho intramolecular Hbond substituents is 1. The number of phenols is 1. The number of fused-ring (bicyclic) bond motifs is 3. The third-order valence-corrected chi connectivity index (χ3v) is 11.1. The lowest BCUT2D eigenvalue weighted by molar-refractivity contribution is -0.181. The summed E-state index contributed by atoms with van der Waals surface area (Å²) in [4.78, 5) is 73.1. The van der Waals surface area contributed by atoms with Crippen LogP contribution in [0.15, 0.2) is 6.07 Å². The molecule has 44 heavy (non-hydrogen) atoms. The molecule has 2 unspecified atom stereocenters. The number of likely N-dealkylation sites (N-methyl/N-ethyl adjacent to an activating group) is 1. The number of carbonyl (C=O) groups is 5. The highest BCUT2D eigenvalue weighted by Gasteiger charge is 2.69. The average Bonchev–Trinajstić information content (AvgIpc) is 3.61. The summed E-state index contributed by atoms with van der Waals surface area (Å²) in [6.45, 7) is 5.47. The first kappa shape index (κ1) is 31.3. The largest absolute Gasteiger partial charge is 0.507 e. The van der Waals surface area contributed by atoms with Crippen LogP contribution >= 0.6 is 11.6 Å². The third kappa shape index (κ3) is 5.10. The number of hydrogen-bond acceptors (Lipinski definition) is 10. The molecule has 4 aliphatic carbocycles. The van der Waals surface area contributed by atoms with E-state index in [4.69, 9.17) is 17.3 Å². The van der Waals surface area contributed by atoms with Crippen molar-refractivity contribution in [2.45, 2.75) is 56.7 Å². The molecular weight excluding hydrogens is 588 g/mol. The Morgan fingerprint density at radius 1 is 1.14 bits per heavy atom. The Bertz CT molecular complexity index is 1420. The summed E-state index contributed by atoms with van der Waals surface area (Å²) in [5.41, 5.74) is 3.72. The maximum absolute atomic E-state index is 14.0. The number of primary amides is 1. The van der Waals surface area contributed by atoms with Crippen molar-refractivity contribution in [2.24, 2.45) is 35.3 Å². The Hall–Kier alpha value is -2.70. The molecule has 0 aromatic heterocycles. The number of ketones is 4. The molecule has 1 aromatic rings. The second kappa shape index (κ2) is 11.6. The summed E-state index contributed by atoms with van der Waals surface area (Å²) in [6.07, 6.45) is 4.97. The molecule has 0 spiro atoms. The summed E-state index contributed by atoms with van der Waals surface area (Å²) in [5, 5.41) is 23.3. The molecule has 11 nitrogen and oxygen atoms in total. The molecule has 0 radical (unpaired) electrons. The van der Waals surface area contributed by atoms with Gasteiger partial charge in [0.05, 0.1) is 17.5 Å². The first-order chi connectivity index (χ1) is 20.8. The molecule has 4 N–H and O–H groups in total. The number of benzene rings is 1. The smallest absolute Gasteiger partial charge is 0.235 e. The van der Waals surface area contributed by atoms with Crippen LogP contribution in [0.2, 0.25) is 5.02 Å². The van der Waals surface area contributed by atoms with Crippen molar-refractivity contribution in [2.75, 3.05) is 46.8 Å². The number of Topliss-reactive ketones (excluding diaryl/α,β-unsaturated/α-hetero) is 4. The number of nitrogens with two attached hydrogens (primary N) is 1. The van der Waals surface area contributed by atoms with Gasteiger partial charge in [-0.15, -0.1) is 0 Å². The van der Waals surface area contributed by atoms with Crippen LogP contribution < -0.4 is 5.73 Å². The molecule has 5 aliphatic rings. The lowest BCUT2D eigenvalue weighted by atomic mass is 9.52. The number of nitrogens with zero attached hydrogens (tertiary/aromatic N) is 3. The van der Waals surface area contributed by atoms with E-state index in [0.717, 1.165) is 32.7 Å². The van der Waals surface area contributed by atoms with E-state index < -0.39 is 64.4 Å². The number of hydrogen-bond donors (Lipinski definition) is 3. The molecule has 238 valence electrons. The fourth-order valence-corrected chi connectivity index (χ4v) is 8.54. The molecule has 4 fully saturated rings. The van der Waals surface area contributed by atoms with E-state index in [0.29, 0.717) is 28.6 Å².